The fraction of sp³-hybridized carbons (Fsp3) is 0.341. The molecule has 60 heavy (non-hydrogen) atoms. The van der Waals surface area contributed by atoms with E-state index in [4.69, 9.17) is 60.6 Å². The van der Waals surface area contributed by atoms with E-state index in [1.165, 1.54) is 30.3 Å². The molecule has 2 aliphatic carbocycles. The fourth-order valence-electron chi connectivity index (χ4n) is 6.23. The molecule has 0 heterocycles. The van der Waals surface area contributed by atoms with Gasteiger partial charge in [0.25, 0.3) is 5.91 Å². The molecule has 3 N–H and O–H groups in total. The molecule has 0 atom stereocenters. The van der Waals surface area contributed by atoms with Gasteiger partial charge in [-0.05, 0) is 116 Å². The molecule has 2 aliphatic rings. The minimum atomic E-state index is -4.59. The van der Waals surface area contributed by atoms with Gasteiger partial charge in [-0.15, -0.1) is 0 Å². The Morgan fingerprint density at radius 2 is 1.02 bits per heavy atom. The maximum atomic E-state index is 13.6. The minimum Gasteiger partial charge on any atom is -0.486 e. The number of hydrogen-bond donors (Lipinski definition) is 3. The van der Waals surface area contributed by atoms with Crippen molar-refractivity contribution in [3.05, 3.63) is 114 Å². The van der Waals surface area contributed by atoms with E-state index >= 15 is 0 Å². The van der Waals surface area contributed by atoms with Gasteiger partial charge < -0.3 is 30.2 Å². The zero-order valence-corrected chi connectivity index (χ0v) is 34.3. The van der Waals surface area contributed by atoms with Crippen molar-refractivity contribution in [1.82, 2.24) is 5.32 Å². The normalized spacial score (nSPS) is 14.4. The summed E-state index contributed by atoms with van der Waals surface area (Å²) in [4.78, 5) is 37.8. The smallest absolute Gasteiger partial charge is 0.416 e. The number of esters is 2. The topological polar surface area (TPSA) is 115 Å². The number of anilines is 2. The highest BCUT2D eigenvalue weighted by molar-refractivity contribution is 6.38. The van der Waals surface area contributed by atoms with Gasteiger partial charge in [-0.2, -0.15) is 26.3 Å². The minimum absolute atomic E-state index is 0.0405. The van der Waals surface area contributed by atoms with Crippen molar-refractivity contribution in [3.8, 4) is 11.5 Å². The van der Waals surface area contributed by atoms with Gasteiger partial charge in [0.2, 0.25) is 0 Å². The lowest BCUT2D eigenvalue weighted by molar-refractivity contribution is -0.158. The molecule has 0 bridgehead atoms. The molecule has 4 aromatic carbocycles. The summed E-state index contributed by atoms with van der Waals surface area (Å²) in [6, 6.07) is 12.2. The van der Waals surface area contributed by atoms with Gasteiger partial charge in [-0.3, -0.25) is 9.59 Å². The molecule has 2 fully saturated rings. The molecule has 19 heteroatoms. The molecular weight excluding hydrogens is 886 g/mol. The van der Waals surface area contributed by atoms with E-state index in [0.717, 1.165) is 62.8 Å². The Balaban J connectivity index is 0.995. The Labute approximate surface area is 359 Å². The van der Waals surface area contributed by atoms with Gasteiger partial charge in [0.1, 0.15) is 19.8 Å². The molecule has 0 aliphatic heterocycles. The van der Waals surface area contributed by atoms with E-state index in [1.54, 1.807) is 6.07 Å². The van der Waals surface area contributed by atoms with Crippen molar-refractivity contribution in [1.29, 1.82) is 0 Å². The van der Waals surface area contributed by atoms with Gasteiger partial charge in [-0.1, -0.05) is 46.4 Å². The Bertz CT molecular complexity index is 2220. The first kappa shape index (κ1) is 45.0. The standard InChI is InChI=1S/C41H35Cl4F6N3O6/c42-31-11-21(12-32(43)37(31)58-19-22-7-25(40(46,47)48)16-29(9-22)53-27-3-1-4-27)13-35(55)60-36(56)18-52-39(57)24-14-33(44)38(34(45)15-24)59-20-23-8-26(41(49,50)51)17-30(10-23)54-28-5-2-6-28/h7-12,14-17,27-28,53-54H,1-6,13,18-20H2,(H,52,57). The van der Waals surface area contributed by atoms with E-state index in [-0.39, 0.29) is 79.1 Å². The molecule has 0 saturated heterocycles. The second kappa shape index (κ2) is 19.0. The molecule has 0 unspecified atom stereocenters. The number of benzene rings is 4. The van der Waals surface area contributed by atoms with Crippen molar-refractivity contribution < 1.29 is 54.9 Å². The average Bonchev–Trinajstić information content (AvgIpc) is 3.12. The molecule has 2 saturated carbocycles. The summed E-state index contributed by atoms with van der Waals surface area (Å²) in [7, 11) is 0. The van der Waals surface area contributed by atoms with Gasteiger partial charge in [0, 0.05) is 29.0 Å². The van der Waals surface area contributed by atoms with Crippen LogP contribution in [0.25, 0.3) is 0 Å². The summed E-state index contributed by atoms with van der Waals surface area (Å²) in [6.07, 6.45) is -4.25. The number of nitrogens with one attached hydrogen (secondary N) is 3. The number of halogens is 10. The second-order valence-corrected chi connectivity index (χ2v) is 15.9. The van der Waals surface area contributed by atoms with E-state index in [0.29, 0.717) is 11.4 Å². The molecule has 1 amide bonds. The largest absolute Gasteiger partial charge is 0.486 e. The Hall–Kier alpha value is -4.57. The van der Waals surface area contributed by atoms with Crippen LogP contribution in [0.3, 0.4) is 0 Å². The molecule has 9 nitrogen and oxygen atoms in total. The Morgan fingerprint density at radius 1 is 0.583 bits per heavy atom. The van der Waals surface area contributed by atoms with Crippen molar-refractivity contribution in [2.24, 2.45) is 0 Å². The number of ether oxygens (including phenoxy) is 3. The number of alkyl halides is 6. The highest BCUT2D eigenvalue weighted by Gasteiger charge is 2.33. The monoisotopic (exact) mass is 919 g/mol. The molecule has 0 spiro atoms. The zero-order chi connectivity index (χ0) is 43.4. The molecule has 0 aromatic heterocycles. The predicted octanol–water partition coefficient (Wildman–Crippen LogP) is 11.5. The number of rotatable bonds is 15. The number of carbonyl (C=O) groups is 3. The van der Waals surface area contributed by atoms with Crippen LogP contribution in [0, 0.1) is 0 Å². The van der Waals surface area contributed by atoms with Crippen molar-refractivity contribution in [3.63, 3.8) is 0 Å². The van der Waals surface area contributed by atoms with E-state index < -0.39 is 54.3 Å². The van der Waals surface area contributed by atoms with Crippen LogP contribution in [0.15, 0.2) is 60.7 Å². The zero-order valence-electron chi connectivity index (χ0n) is 31.2. The molecule has 4 aromatic rings. The number of hydrogen-bond acceptors (Lipinski definition) is 8. The summed E-state index contributed by atoms with van der Waals surface area (Å²) >= 11 is 25.4. The van der Waals surface area contributed by atoms with Crippen LogP contribution in [0.2, 0.25) is 20.1 Å². The lowest BCUT2D eigenvalue weighted by Crippen LogP contribution is -2.32. The summed E-state index contributed by atoms with van der Waals surface area (Å²) in [5.41, 5.74) is -0.564. The SMILES string of the molecule is O=C(CNC(=O)c1cc(Cl)c(OCc2cc(NC3CCC3)cc(C(F)(F)F)c2)c(Cl)c1)OC(=O)Cc1cc(Cl)c(OCc2cc(NC3CCC3)cc(C(F)(F)F)c2)c(Cl)c1. The van der Waals surface area contributed by atoms with Gasteiger partial charge in [-0.25, -0.2) is 4.79 Å². The number of amides is 1. The van der Waals surface area contributed by atoms with E-state index in [2.05, 4.69) is 16.0 Å². The Morgan fingerprint density at radius 3 is 1.42 bits per heavy atom. The van der Waals surface area contributed by atoms with Crippen molar-refractivity contribution in [2.45, 2.75) is 82.6 Å². The maximum Gasteiger partial charge on any atom is 0.416 e. The van der Waals surface area contributed by atoms with Crippen LogP contribution >= 0.6 is 46.4 Å². The molecule has 320 valence electrons. The first-order chi connectivity index (χ1) is 28.3. The summed E-state index contributed by atoms with van der Waals surface area (Å²) in [5.74, 6) is -3.11. The van der Waals surface area contributed by atoms with Gasteiger partial charge in [0.05, 0.1) is 37.6 Å². The summed E-state index contributed by atoms with van der Waals surface area (Å²) in [6.45, 7) is -1.37. The summed E-state index contributed by atoms with van der Waals surface area (Å²) in [5, 5.41) is 8.08. The van der Waals surface area contributed by atoms with E-state index in [9.17, 15) is 40.7 Å². The highest BCUT2D eigenvalue weighted by Crippen LogP contribution is 2.39. The van der Waals surface area contributed by atoms with Crippen LogP contribution < -0.4 is 25.4 Å². The third kappa shape index (κ3) is 12.0. The van der Waals surface area contributed by atoms with Gasteiger partial charge in [0.15, 0.2) is 11.5 Å². The maximum absolute atomic E-state index is 13.6. The van der Waals surface area contributed by atoms with E-state index in [1.807, 2.05) is 0 Å². The third-order valence-electron chi connectivity index (χ3n) is 9.65. The van der Waals surface area contributed by atoms with Crippen LogP contribution in [-0.2, 0) is 46.3 Å². The number of carbonyl (C=O) groups excluding carboxylic acids is 3. The lowest BCUT2D eigenvalue weighted by atomic mass is 9.93. The van der Waals surface area contributed by atoms with Crippen molar-refractivity contribution >= 4 is 75.6 Å². The quantitative estimate of drug-likeness (QED) is 0.0614. The molecular formula is C41H35Cl4F6N3O6. The Kier molecular flexibility index (Phi) is 14.2. The van der Waals surface area contributed by atoms with Crippen LogP contribution in [-0.4, -0.2) is 36.5 Å². The third-order valence-corrected chi connectivity index (χ3v) is 10.8. The average molecular weight is 922 g/mol. The van der Waals surface area contributed by atoms with Crippen LogP contribution in [0.5, 0.6) is 11.5 Å². The van der Waals surface area contributed by atoms with Gasteiger partial charge >= 0.3 is 24.3 Å². The van der Waals surface area contributed by atoms with Crippen LogP contribution in [0.1, 0.15) is 76.7 Å². The first-order valence-electron chi connectivity index (χ1n) is 18.5. The summed E-state index contributed by atoms with van der Waals surface area (Å²) < 4.78 is 97.7. The lowest BCUT2D eigenvalue weighted by Gasteiger charge is -2.28. The first-order valence-corrected chi connectivity index (χ1v) is 20.0. The second-order valence-electron chi connectivity index (χ2n) is 14.3. The molecule has 0 radical (unpaired) electrons. The predicted molar refractivity (Wildman–Crippen MR) is 214 cm³/mol. The van der Waals surface area contributed by atoms with Crippen LogP contribution in [0.4, 0.5) is 37.7 Å². The molecule has 6 rings (SSSR count). The fourth-order valence-corrected chi connectivity index (χ4v) is 7.47. The highest BCUT2D eigenvalue weighted by atomic mass is 35.5. The van der Waals surface area contributed by atoms with Crippen molar-refractivity contribution in [2.75, 3.05) is 17.2 Å².